The highest BCUT2D eigenvalue weighted by molar-refractivity contribution is 5.94. The number of anilines is 2. The van der Waals surface area contributed by atoms with Crippen LogP contribution in [0.2, 0.25) is 0 Å². The lowest BCUT2D eigenvalue weighted by atomic mass is 10.0. The van der Waals surface area contributed by atoms with Gasteiger partial charge < -0.3 is 9.80 Å². The fourth-order valence-electron chi connectivity index (χ4n) is 3.84. The average molecular weight is 410 g/mol. The summed E-state index contributed by atoms with van der Waals surface area (Å²) in [5, 5.41) is 9.31. The van der Waals surface area contributed by atoms with Crippen molar-refractivity contribution >= 4 is 17.3 Å². The van der Waals surface area contributed by atoms with Crippen LogP contribution in [-0.4, -0.2) is 29.9 Å². The molecule has 0 bridgehead atoms. The van der Waals surface area contributed by atoms with Crippen molar-refractivity contribution in [1.82, 2.24) is 4.90 Å². The van der Waals surface area contributed by atoms with Gasteiger partial charge in [-0.2, -0.15) is 5.26 Å². The Morgan fingerprint density at radius 1 is 1.00 bits per heavy atom. The van der Waals surface area contributed by atoms with E-state index in [1.165, 1.54) is 12.1 Å². The van der Waals surface area contributed by atoms with Gasteiger partial charge in [-0.3, -0.25) is 4.79 Å². The lowest BCUT2D eigenvalue weighted by Gasteiger charge is -2.34. The van der Waals surface area contributed by atoms with E-state index in [0.29, 0.717) is 29.9 Å². The minimum Gasteiger partial charge on any atom is -0.339 e. The van der Waals surface area contributed by atoms with Crippen LogP contribution in [0.5, 0.6) is 0 Å². The summed E-state index contributed by atoms with van der Waals surface area (Å²) in [5.41, 5.74) is 2.28. The fraction of sp³-hybridized carbons (Fsp3) is 0.440. The molecule has 2 aromatic carbocycles. The topological polar surface area (TPSA) is 47.3 Å². The number of rotatable bonds is 10. The van der Waals surface area contributed by atoms with Crippen LogP contribution in [0.1, 0.15) is 69.3 Å². The van der Waals surface area contributed by atoms with Gasteiger partial charge in [0.15, 0.2) is 0 Å². The molecule has 5 heteroatoms. The van der Waals surface area contributed by atoms with Gasteiger partial charge in [-0.25, -0.2) is 4.39 Å². The van der Waals surface area contributed by atoms with Gasteiger partial charge in [0.25, 0.3) is 5.91 Å². The fourth-order valence-corrected chi connectivity index (χ4v) is 3.84. The van der Waals surface area contributed by atoms with Crippen LogP contribution in [0.25, 0.3) is 0 Å². The summed E-state index contributed by atoms with van der Waals surface area (Å²) in [6.45, 7) is 9.48. The SMILES string of the molecule is CCCC(CCC)N(c1ccc(C(=O)N(CC)CC)cc1)c1cc(C#N)ccc1F. The maximum Gasteiger partial charge on any atom is 0.253 e. The molecule has 0 N–H and O–H groups in total. The summed E-state index contributed by atoms with van der Waals surface area (Å²) >= 11 is 0. The van der Waals surface area contributed by atoms with E-state index in [2.05, 4.69) is 19.9 Å². The standard InChI is InChI=1S/C25H32FN3O/c1-5-9-21(10-6-2)29(24-17-19(18-27)11-16-23(24)26)22-14-12-20(13-15-22)25(30)28(7-3)8-4/h11-17,21H,5-10H2,1-4H3. The minimum absolute atomic E-state index is 0.00516. The molecular formula is C25H32FN3O. The molecule has 4 nitrogen and oxygen atoms in total. The Morgan fingerprint density at radius 3 is 2.10 bits per heavy atom. The third kappa shape index (κ3) is 5.38. The van der Waals surface area contributed by atoms with E-state index in [1.807, 2.05) is 43.0 Å². The number of nitriles is 1. The van der Waals surface area contributed by atoms with E-state index < -0.39 is 0 Å². The maximum atomic E-state index is 14.9. The molecule has 0 unspecified atom stereocenters. The van der Waals surface area contributed by atoms with Crippen LogP contribution in [0.4, 0.5) is 15.8 Å². The van der Waals surface area contributed by atoms with Crippen molar-refractivity contribution in [3.05, 3.63) is 59.4 Å². The Kier molecular flexibility index (Phi) is 8.86. The highest BCUT2D eigenvalue weighted by Gasteiger charge is 2.23. The maximum absolute atomic E-state index is 14.9. The van der Waals surface area contributed by atoms with Gasteiger partial charge in [0.1, 0.15) is 5.82 Å². The van der Waals surface area contributed by atoms with Gasteiger partial charge >= 0.3 is 0 Å². The number of nitrogens with zero attached hydrogens (tertiary/aromatic N) is 3. The van der Waals surface area contributed by atoms with Crippen molar-refractivity contribution < 1.29 is 9.18 Å². The number of benzene rings is 2. The van der Waals surface area contributed by atoms with Crippen molar-refractivity contribution in [1.29, 1.82) is 5.26 Å². The number of carbonyl (C=O) groups is 1. The Labute approximate surface area is 179 Å². The zero-order chi connectivity index (χ0) is 22.1. The first-order chi connectivity index (χ1) is 14.5. The van der Waals surface area contributed by atoms with Crippen molar-refractivity contribution in [3.8, 4) is 6.07 Å². The molecule has 0 aliphatic carbocycles. The molecule has 0 spiro atoms. The molecule has 0 saturated carbocycles. The highest BCUT2D eigenvalue weighted by atomic mass is 19.1. The molecule has 0 radical (unpaired) electrons. The third-order valence-electron chi connectivity index (χ3n) is 5.39. The Hall–Kier alpha value is -2.87. The van der Waals surface area contributed by atoms with Crippen LogP contribution in [-0.2, 0) is 0 Å². The van der Waals surface area contributed by atoms with Crippen LogP contribution in [0, 0.1) is 17.1 Å². The van der Waals surface area contributed by atoms with E-state index in [4.69, 9.17) is 0 Å². The quantitative estimate of drug-likeness (QED) is 0.463. The predicted octanol–water partition coefficient (Wildman–Crippen LogP) is 6.29. The molecule has 0 aliphatic rings. The number of hydrogen-bond acceptors (Lipinski definition) is 3. The summed E-state index contributed by atoms with van der Waals surface area (Å²) in [5.74, 6) is -0.357. The third-order valence-corrected chi connectivity index (χ3v) is 5.39. The van der Waals surface area contributed by atoms with Crippen molar-refractivity contribution in [2.45, 2.75) is 59.4 Å². The molecule has 2 rings (SSSR count). The predicted molar refractivity (Wildman–Crippen MR) is 121 cm³/mol. The smallest absolute Gasteiger partial charge is 0.253 e. The van der Waals surface area contributed by atoms with E-state index in [9.17, 15) is 14.4 Å². The second-order valence-corrected chi connectivity index (χ2v) is 7.40. The monoisotopic (exact) mass is 409 g/mol. The van der Waals surface area contributed by atoms with Crippen LogP contribution in [0.15, 0.2) is 42.5 Å². The lowest BCUT2D eigenvalue weighted by Crippen LogP contribution is -2.32. The second-order valence-electron chi connectivity index (χ2n) is 7.40. The zero-order valence-corrected chi connectivity index (χ0v) is 18.5. The van der Waals surface area contributed by atoms with Gasteiger partial charge in [-0.15, -0.1) is 0 Å². The molecule has 0 heterocycles. The molecule has 160 valence electrons. The molecular weight excluding hydrogens is 377 g/mol. The summed E-state index contributed by atoms with van der Waals surface area (Å²) in [4.78, 5) is 16.4. The molecule has 0 fully saturated rings. The first-order valence-corrected chi connectivity index (χ1v) is 10.9. The molecule has 1 amide bonds. The Morgan fingerprint density at radius 2 is 1.60 bits per heavy atom. The molecule has 0 atom stereocenters. The van der Waals surface area contributed by atoms with Crippen LogP contribution < -0.4 is 4.90 Å². The number of hydrogen-bond donors (Lipinski definition) is 0. The normalized spacial score (nSPS) is 10.7. The molecule has 2 aromatic rings. The number of carbonyl (C=O) groups excluding carboxylic acids is 1. The van der Waals surface area contributed by atoms with Crippen molar-refractivity contribution in [2.75, 3.05) is 18.0 Å². The summed E-state index contributed by atoms with van der Waals surface area (Å²) in [6.07, 6.45) is 3.76. The average Bonchev–Trinajstić information content (AvgIpc) is 2.76. The summed E-state index contributed by atoms with van der Waals surface area (Å²) in [6, 6.07) is 14.1. The highest BCUT2D eigenvalue weighted by Crippen LogP contribution is 2.34. The molecule has 30 heavy (non-hydrogen) atoms. The molecule has 0 aliphatic heterocycles. The van der Waals surface area contributed by atoms with E-state index in [-0.39, 0.29) is 17.8 Å². The van der Waals surface area contributed by atoms with E-state index in [0.717, 1.165) is 31.4 Å². The second kappa shape index (κ2) is 11.3. The Balaban J connectivity index is 2.52. The lowest BCUT2D eigenvalue weighted by molar-refractivity contribution is 0.0773. The van der Waals surface area contributed by atoms with Crippen LogP contribution >= 0.6 is 0 Å². The zero-order valence-electron chi connectivity index (χ0n) is 18.5. The van der Waals surface area contributed by atoms with Gasteiger partial charge in [-0.1, -0.05) is 26.7 Å². The minimum atomic E-state index is -0.352. The Bertz CT molecular complexity index is 863. The molecule has 0 saturated heterocycles. The van der Waals surface area contributed by atoms with Gasteiger partial charge in [0, 0.05) is 30.4 Å². The molecule has 0 aromatic heterocycles. The van der Waals surface area contributed by atoms with Gasteiger partial charge in [0.05, 0.1) is 17.3 Å². The largest absolute Gasteiger partial charge is 0.339 e. The first kappa shape index (κ1) is 23.4. The van der Waals surface area contributed by atoms with E-state index >= 15 is 0 Å². The number of amides is 1. The summed E-state index contributed by atoms with van der Waals surface area (Å²) < 4.78 is 14.9. The van der Waals surface area contributed by atoms with E-state index in [1.54, 1.807) is 11.0 Å². The summed E-state index contributed by atoms with van der Waals surface area (Å²) in [7, 11) is 0. The van der Waals surface area contributed by atoms with Gasteiger partial charge in [-0.05, 0) is 69.2 Å². The van der Waals surface area contributed by atoms with Gasteiger partial charge in [0.2, 0.25) is 0 Å². The first-order valence-electron chi connectivity index (χ1n) is 10.9. The van der Waals surface area contributed by atoms with Crippen LogP contribution in [0.3, 0.4) is 0 Å². The van der Waals surface area contributed by atoms with Crippen molar-refractivity contribution in [2.24, 2.45) is 0 Å². The van der Waals surface area contributed by atoms with Crippen molar-refractivity contribution in [3.63, 3.8) is 0 Å². The number of halogens is 1.